The fraction of sp³-hybridized carbons (Fsp3) is 0.0172. The first-order chi connectivity index (χ1) is 30.8. The van der Waals surface area contributed by atoms with Gasteiger partial charge in [0.15, 0.2) is 17.5 Å². The van der Waals surface area contributed by atoms with Crippen LogP contribution in [0.2, 0.25) is 0 Å². The molecule has 286 valence electrons. The number of nitrogens with zero attached hydrogens (tertiary/aromatic N) is 3. The Hall–Kier alpha value is -8.21. The predicted octanol–water partition coefficient (Wildman–Crippen LogP) is 14.5. The largest absolute Gasteiger partial charge is 0.455 e. The van der Waals surface area contributed by atoms with Crippen molar-refractivity contribution in [2.75, 3.05) is 0 Å². The molecule has 14 rings (SSSR count). The van der Waals surface area contributed by atoms with Gasteiger partial charge in [0.05, 0.1) is 11.0 Å². The summed E-state index contributed by atoms with van der Waals surface area (Å²) >= 11 is 0. The Bertz CT molecular complexity index is 3750. The van der Waals surface area contributed by atoms with Crippen LogP contribution in [0.15, 0.2) is 205 Å². The van der Waals surface area contributed by atoms with E-state index < -0.39 is 5.41 Å². The van der Waals surface area contributed by atoms with Gasteiger partial charge in [0.25, 0.3) is 0 Å². The third kappa shape index (κ3) is 4.37. The van der Waals surface area contributed by atoms with Crippen LogP contribution in [0.4, 0.5) is 0 Å². The molecule has 2 heterocycles. The van der Waals surface area contributed by atoms with E-state index in [1.165, 1.54) is 60.7 Å². The highest BCUT2D eigenvalue weighted by Gasteiger charge is 2.53. The molecule has 0 radical (unpaired) electrons. The molecule has 2 aliphatic rings. The highest BCUT2D eigenvalue weighted by atomic mass is 16.3. The Morgan fingerprint density at radius 2 is 0.758 bits per heavy atom. The average molecular weight is 788 g/mol. The lowest BCUT2D eigenvalue weighted by molar-refractivity contribution is 0.653. The van der Waals surface area contributed by atoms with Gasteiger partial charge in [-0.3, -0.25) is 0 Å². The van der Waals surface area contributed by atoms with Gasteiger partial charge >= 0.3 is 0 Å². The Morgan fingerprint density at radius 1 is 0.306 bits per heavy atom. The Kier molecular flexibility index (Phi) is 6.73. The Labute approximate surface area is 356 Å². The minimum Gasteiger partial charge on any atom is -0.455 e. The number of furan rings is 1. The maximum atomic E-state index is 7.62. The van der Waals surface area contributed by atoms with Gasteiger partial charge in [0, 0.05) is 27.5 Å². The van der Waals surface area contributed by atoms with E-state index in [0.29, 0.717) is 17.5 Å². The second-order valence-corrected chi connectivity index (χ2v) is 16.6. The molecule has 4 nitrogen and oxygen atoms in total. The summed E-state index contributed by atoms with van der Waals surface area (Å²) in [5.74, 6) is 1.78. The summed E-state index contributed by atoms with van der Waals surface area (Å²) < 4.78 is 7.62. The van der Waals surface area contributed by atoms with Crippen molar-refractivity contribution in [1.29, 1.82) is 0 Å². The quantitative estimate of drug-likeness (QED) is 0.167. The standard InChI is InChI=1S/C58H33N3O/c1-3-15-34(16-4-1)35-27-29-37(30-28-35)56-59-55(36-17-5-2-6-18-36)60-57(61-56)44-32-31-43-38-19-7-8-20-39(38)45-33-46-42-23-11-14-26-49(42)58(52(46)54-51(45)50(43)53(44)62-54)47-24-12-9-21-40(47)41-22-10-13-25-48(41)58/h1-33H. The fourth-order valence-corrected chi connectivity index (χ4v) is 11.0. The zero-order valence-corrected chi connectivity index (χ0v) is 33.3. The summed E-state index contributed by atoms with van der Waals surface area (Å²) in [4.78, 5) is 15.6. The Morgan fingerprint density at radius 3 is 1.39 bits per heavy atom. The molecule has 1 spiro atoms. The number of aromatic nitrogens is 3. The first-order valence-corrected chi connectivity index (χ1v) is 21.2. The molecular weight excluding hydrogens is 755 g/mol. The van der Waals surface area contributed by atoms with Crippen molar-refractivity contribution in [3.63, 3.8) is 0 Å². The van der Waals surface area contributed by atoms with Crippen molar-refractivity contribution in [2.24, 2.45) is 0 Å². The Balaban J connectivity index is 1.09. The van der Waals surface area contributed by atoms with Crippen molar-refractivity contribution in [3.05, 3.63) is 222 Å². The molecule has 10 aromatic carbocycles. The topological polar surface area (TPSA) is 51.8 Å². The molecule has 2 aromatic heterocycles. The first-order valence-electron chi connectivity index (χ1n) is 21.2. The minimum absolute atomic E-state index is 0.568. The SMILES string of the molecule is c1ccc(-c2ccc(-c3nc(-c4ccccc4)nc(-c4ccc5c6ccccc6c6cc7c(c8oc4c5c86)C4(c5ccccc5-c5ccccc54)c4ccccc4-7)n3)cc2)cc1. The van der Waals surface area contributed by atoms with Crippen molar-refractivity contribution in [2.45, 2.75) is 5.41 Å². The van der Waals surface area contributed by atoms with E-state index in [1.54, 1.807) is 0 Å². The number of rotatable bonds is 4. The van der Waals surface area contributed by atoms with Gasteiger partial charge in [-0.1, -0.05) is 188 Å². The summed E-state index contributed by atoms with van der Waals surface area (Å²) in [5, 5.41) is 6.96. The van der Waals surface area contributed by atoms with Gasteiger partial charge in [-0.05, 0) is 83.7 Å². The molecule has 2 aliphatic carbocycles. The number of fused-ring (bicyclic) bond motifs is 14. The van der Waals surface area contributed by atoms with Gasteiger partial charge in [0.2, 0.25) is 0 Å². The molecule has 0 fully saturated rings. The van der Waals surface area contributed by atoms with Gasteiger partial charge in [0.1, 0.15) is 11.2 Å². The van der Waals surface area contributed by atoms with Gasteiger partial charge < -0.3 is 4.42 Å². The van der Waals surface area contributed by atoms with Crippen molar-refractivity contribution in [1.82, 2.24) is 15.0 Å². The second kappa shape index (κ2) is 12.4. The summed E-state index contributed by atoms with van der Waals surface area (Å²) in [6.45, 7) is 0. The molecule has 4 heteroatoms. The van der Waals surface area contributed by atoms with Crippen LogP contribution in [0.1, 0.15) is 22.3 Å². The third-order valence-corrected chi connectivity index (χ3v) is 13.5. The van der Waals surface area contributed by atoms with E-state index in [4.69, 9.17) is 19.4 Å². The molecule has 0 N–H and O–H groups in total. The minimum atomic E-state index is -0.574. The van der Waals surface area contributed by atoms with E-state index >= 15 is 0 Å². The van der Waals surface area contributed by atoms with Crippen LogP contribution >= 0.6 is 0 Å². The van der Waals surface area contributed by atoms with Crippen LogP contribution in [0, 0.1) is 0 Å². The van der Waals surface area contributed by atoms with E-state index in [9.17, 15) is 0 Å². The van der Waals surface area contributed by atoms with Crippen LogP contribution in [0.3, 0.4) is 0 Å². The van der Waals surface area contributed by atoms with E-state index in [-0.39, 0.29) is 0 Å². The molecule has 0 bridgehead atoms. The smallest absolute Gasteiger partial charge is 0.167 e. The summed E-state index contributed by atoms with van der Waals surface area (Å²) in [5.41, 5.74) is 16.1. The van der Waals surface area contributed by atoms with Crippen LogP contribution < -0.4 is 0 Å². The van der Waals surface area contributed by atoms with Gasteiger partial charge in [-0.25, -0.2) is 15.0 Å². The van der Waals surface area contributed by atoms with Crippen LogP contribution in [0.25, 0.3) is 111 Å². The second-order valence-electron chi connectivity index (χ2n) is 16.6. The molecule has 12 aromatic rings. The maximum Gasteiger partial charge on any atom is 0.167 e. The fourth-order valence-electron chi connectivity index (χ4n) is 11.0. The number of benzene rings is 10. The molecule has 0 amide bonds. The van der Waals surface area contributed by atoms with Crippen LogP contribution in [-0.2, 0) is 5.41 Å². The van der Waals surface area contributed by atoms with Crippen molar-refractivity contribution >= 4 is 43.5 Å². The maximum absolute atomic E-state index is 7.62. The zero-order chi connectivity index (χ0) is 40.5. The molecule has 0 saturated heterocycles. The molecule has 0 atom stereocenters. The molecule has 0 aliphatic heterocycles. The van der Waals surface area contributed by atoms with E-state index in [2.05, 4.69) is 176 Å². The lowest BCUT2D eigenvalue weighted by atomic mass is 9.70. The number of hydrogen-bond acceptors (Lipinski definition) is 4. The van der Waals surface area contributed by atoms with E-state index in [1.807, 2.05) is 24.3 Å². The van der Waals surface area contributed by atoms with Crippen LogP contribution in [0.5, 0.6) is 0 Å². The normalized spacial score (nSPS) is 13.3. The highest BCUT2D eigenvalue weighted by Crippen LogP contribution is 2.65. The third-order valence-electron chi connectivity index (χ3n) is 13.5. The molecule has 62 heavy (non-hydrogen) atoms. The monoisotopic (exact) mass is 787 g/mol. The summed E-state index contributed by atoms with van der Waals surface area (Å²) in [7, 11) is 0. The molecular formula is C58H33N3O. The lowest BCUT2D eigenvalue weighted by Crippen LogP contribution is -2.26. The van der Waals surface area contributed by atoms with Gasteiger partial charge in [-0.2, -0.15) is 0 Å². The lowest BCUT2D eigenvalue weighted by Gasteiger charge is -2.30. The summed E-state index contributed by atoms with van der Waals surface area (Å²) in [6, 6.07) is 71.6. The van der Waals surface area contributed by atoms with Crippen molar-refractivity contribution in [3.8, 4) is 67.5 Å². The zero-order valence-electron chi connectivity index (χ0n) is 33.3. The van der Waals surface area contributed by atoms with Crippen molar-refractivity contribution < 1.29 is 4.42 Å². The summed E-state index contributed by atoms with van der Waals surface area (Å²) in [6.07, 6.45) is 0. The van der Waals surface area contributed by atoms with Crippen LogP contribution in [-0.4, -0.2) is 15.0 Å². The first kappa shape index (κ1) is 33.6. The molecule has 0 unspecified atom stereocenters. The number of hydrogen-bond donors (Lipinski definition) is 0. The molecule has 0 saturated carbocycles. The van der Waals surface area contributed by atoms with Gasteiger partial charge in [-0.15, -0.1) is 0 Å². The highest BCUT2D eigenvalue weighted by molar-refractivity contribution is 6.35. The average Bonchev–Trinajstić information content (AvgIpc) is 3.99. The van der Waals surface area contributed by atoms with E-state index in [0.717, 1.165) is 55.1 Å². The predicted molar refractivity (Wildman–Crippen MR) is 251 cm³/mol.